The number of hydrogen-bond acceptors (Lipinski definition) is 2. The maximum atomic E-state index is 4.04. The molecule has 2 nitrogen and oxygen atoms in total. The minimum Gasteiger partial charge on any atom is -0.317 e. The Balaban J connectivity index is 1.21. The van der Waals surface area contributed by atoms with Gasteiger partial charge in [0.2, 0.25) is 0 Å². The molecule has 0 radical (unpaired) electrons. The summed E-state index contributed by atoms with van der Waals surface area (Å²) in [6, 6.07) is 1.66. The maximum absolute atomic E-state index is 4.04. The summed E-state index contributed by atoms with van der Waals surface area (Å²) in [5, 5.41) is 7.62. The van der Waals surface area contributed by atoms with E-state index >= 15 is 0 Å². The van der Waals surface area contributed by atoms with Crippen LogP contribution in [0.15, 0.2) is 0 Å². The largest absolute Gasteiger partial charge is 0.317 e. The van der Waals surface area contributed by atoms with Gasteiger partial charge < -0.3 is 10.6 Å². The molecule has 0 amide bonds. The van der Waals surface area contributed by atoms with Gasteiger partial charge >= 0.3 is 0 Å². The Hall–Kier alpha value is -0.0800. The molecule has 8 unspecified atom stereocenters. The van der Waals surface area contributed by atoms with E-state index in [9.17, 15) is 0 Å². The zero-order valence-electron chi connectivity index (χ0n) is 17.7. The predicted octanol–water partition coefficient (Wildman–Crippen LogP) is 5.23. The summed E-state index contributed by atoms with van der Waals surface area (Å²) in [4.78, 5) is 0. The van der Waals surface area contributed by atoms with E-state index in [0.29, 0.717) is 0 Å². The molecule has 4 aliphatic rings. The highest BCUT2D eigenvalue weighted by atomic mass is 14.9. The fourth-order valence-corrected chi connectivity index (χ4v) is 7.58. The molecule has 0 saturated heterocycles. The van der Waals surface area contributed by atoms with Gasteiger partial charge in [-0.2, -0.15) is 0 Å². The second kappa shape index (κ2) is 8.52. The van der Waals surface area contributed by atoms with Crippen molar-refractivity contribution in [2.75, 3.05) is 13.6 Å². The quantitative estimate of drug-likeness (QED) is 0.677. The molecule has 26 heavy (non-hydrogen) atoms. The van der Waals surface area contributed by atoms with Crippen molar-refractivity contribution < 1.29 is 0 Å². The zero-order valence-corrected chi connectivity index (χ0v) is 17.7. The van der Waals surface area contributed by atoms with Crippen LogP contribution in [0.5, 0.6) is 0 Å². The Kier molecular flexibility index (Phi) is 6.30. The Morgan fingerprint density at radius 1 is 0.846 bits per heavy atom. The third-order valence-electron chi connectivity index (χ3n) is 9.35. The fraction of sp³-hybridized carbons (Fsp3) is 1.00. The monoisotopic (exact) mass is 360 g/mol. The molecule has 0 aromatic carbocycles. The summed E-state index contributed by atoms with van der Waals surface area (Å²) in [6.07, 6.45) is 16.3. The van der Waals surface area contributed by atoms with Crippen LogP contribution in [0.2, 0.25) is 0 Å². The molecule has 4 aliphatic carbocycles. The molecule has 0 aromatic rings. The van der Waals surface area contributed by atoms with E-state index in [1.54, 1.807) is 0 Å². The van der Waals surface area contributed by atoms with E-state index in [-0.39, 0.29) is 0 Å². The number of rotatable bonds is 6. The van der Waals surface area contributed by atoms with E-state index in [1.165, 1.54) is 77.2 Å². The molecule has 9 atom stereocenters. The standard InChI is InChI=1S/C24H44N2/c1-4-17-5-6-19-13-22(14-21(19)11-17)26-15-16(2)18-7-9-23-20(12-18)8-10-24(23)25-3/h16-26H,4-15H2,1-3H3/t16-,17?,18?,19?,20?,21?,22?,23?,24?/m0/s1. The Labute approximate surface area is 162 Å². The Bertz CT molecular complexity index is 449. The summed E-state index contributed by atoms with van der Waals surface area (Å²) in [7, 11) is 2.17. The summed E-state index contributed by atoms with van der Waals surface area (Å²) < 4.78 is 0. The molecular formula is C24H44N2. The van der Waals surface area contributed by atoms with Crippen molar-refractivity contribution in [2.24, 2.45) is 41.4 Å². The lowest BCUT2D eigenvalue weighted by molar-refractivity contribution is 0.148. The van der Waals surface area contributed by atoms with Crippen LogP contribution >= 0.6 is 0 Å². The van der Waals surface area contributed by atoms with Crippen molar-refractivity contribution in [3.05, 3.63) is 0 Å². The molecule has 4 saturated carbocycles. The third-order valence-corrected chi connectivity index (χ3v) is 9.35. The van der Waals surface area contributed by atoms with Gasteiger partial charge in [-0.25, -0.2) is 0 Å². The predicted molar refractivity (Wildman–Crippen MR) is 111 cm³/mol. The van der Waals surface area contributed by atoms with Crippen LogP contribution in [0.1, 0.15) is 84.5 Å². The molecule has 4 rings (SSSR count). The van der Waals surface area contributed by atoms with E-state index < -0.39 is 0 Å². The SMILES string of the molecule is CCC1CCC2CC(NC[C@H](C)C3CCC4C(CCC4NC)C3)CC2C1. The van der Waals surface area contributed by atoms with Crippen LogP contribution < -0.4 is 10.6 Å². The first-order chi connectivity index (χ1) is 12.7. The highest BCUT2D eigenvalue weighted by Crippen LogP contribution is 2.47. The molecular weight excluding hydrogens is 316 g/mol. The van der Waals surface area contributed by atoms with Gasteiger partial charge in [-0.3, -0.25) is 0 Å². The normalized spacial score (nSPS) is 46.7. The second-order valence-corrected chi connectivity index (χ2v) is 10.6. The minimum atomic E-state index is 0.822. The fourth-order valence-electron chi connectivity index (χ4n) is 7.58. The molecule has 0 bridgehead atoms. The first kappa shape index (κ1) is 19.2. The molecule has 0 heterocycles. The van der Waals surface area contributed by atoms with Gasteiger partial charge in [-0.1, -0.05) is 26.7 Å². The molecule has 0 aliphatic heterocycles. The van der Waals surface area contributed by atoms with Crippen LogP contribution in [-0.2, 0) is 0 Å². The number of fused-ring (bicyclic) bond motifs is 2. The van der Waals surface area contributed by atoms with E-state index in [0.717, 1.165) is 53.5 Å². The van der Waals surface area contributed by atoms with Crippen molar-refractivity contribution in [2.45, 2.75) is 96.6 Å². The lowest BCUT2D eigenvalue weighted by Gasteiger charge is -2.37. The van der Waals surface area contributed by atoms with Gasteiger partial charge in [-0.15, -0.1) is 0 Å². The first-order valence-corrected chi connectivity index (χ1v) is 12.1. The topological polar surface area (TPSA) is 24.1 Å². The van der Waals surface area contributed by atoms with Crippen molar-refractivity contribution in [3.63, 3.8) is 0 Å². The van der Waals surface area contributed by atoms with Crippen LogP contribution in [0.4, 0.5) is 0 Å². The zero-order chi connectivity index (χ0) is 18.1. The van der Waals surface area contributed by atoms with Crippen LogP contribution in [0, 0.1) is 41.4 Å². The third kappa shape index (κ3) is 4.02. The van der Waals surface area contributed by atoms with Crippen molar-refractivity contribution in [3.8, 4) is 0 Å². The molecule has 0 aromatic heterocycles. The van der Waals surface area contributed by atoms with Crippen LogP contribution in [0.3, 0.4) is 0 Å². The van der Waals surface area contributed by atoms with E-state index in [1.807, 2.05) is 0 Å². The van der Waals surface area contributed by atoms with Gasteiger partial charge in [0, 0.05) is 12.1 Å². The average molecular weight is 361 g/mol. The van der Waals surface area contributed by atoms with Crippen molar-refractivity contribution >= 4 is 0 Å². The maximum Gasteiger partial charge on any atom is 0.00950 e. The molecule has 0 spiro atoms. The van der Waals surface area contributed by atoms with Crippen LogP contribution in [-0.4, -0.2) is 25.7 Å². The minimum absolute atomic E-state index is 0.822. The molecule has 4 fully saturated rings. The molecule has 2 heteroatoms. The average Bonchev–Trinajstić information content (AvgIpc) is 3.27. The first-order valence-electron chi connectivity index (χ1n) is 12.1. The lowest BCUT2D eigenvalue weighted by Crippen LogP contribution is -2.38. The van der Waals surface area contributed by atoms with E-state index in [4.69, 9.17) is 0 Å². The summed E-state index contributed by atoms with van der Waals surface area (Å²) in [5.41, 5.74) is 0. The summed E-state index contributed by atoms with van der Waals surface area (Å²) in [5.74, 6) is 7.00. The van der Waals surface area contributed by atoms with E-state index in [2.05, 4.69) is 31.5 Å². The number of hydrogen-bond donors (Lipinski definition) is 2. The van der Waals surface area contributed by atoms with Gasteiger partial charge in [-0.05, 0) is 113 Å². The Morgan fingerprint density at radius 3 is 2.46 bits per heavy atom. The smallest absolute Gasteiger partial charge is 0.00950 e. The van der Waals surface area contributed by atoms with Crippen LogP contribution in [0.25, 0.3) is 0 Å². The van der Waals surface area contributed by atoms with Crippen molar-refractivity contribution in [1.29, 1.82) is 0 Å². The Morgan fingerprint density at radius 2 is 1.65 bits per heavy atom. The van der Waals surface area contributed by atoms with Gasteiger partial charge in [0.25, 0.3) is 0 Å². The molecule has 150 valence electrons. The van der Waals surface area contributed by atoms with Gasteiger partial charge in [0.05, 0.1) is 0 Å². The highest BCUT2D eigenvalue weighted by Gasteiger charge is 2.41. The van der Waals surface area contributed by atoms with Crippen molar-refractivity contribution in [1.82, 2.24) is 10.6 Å². The second-order valence-electron chi connectivity index (χ2n) is 10.6. The molecule has 2 N–H and O–H groups in total. The summed E-state index contributed by atoms with van der Waals surface area (Å²) in [6.45, 7) is 6.21. The van der Waals surface area contributed by atoms with Gasteiger partial charge in [0.1, 0.15) is 0 Å². The summed E-state index contributed by atoms with van der Waals surface area (Å²) >= 11 is 0. The number of nitrogens with one attached hydrogen (secondary N) is 2. The highest BCUT2D eigenvalue weighted by molar-refractivity contribution is 4.95. The van der Waals surface area contributed by atoms with Gasteiger partial charge in [0.15, 0.2) is 0 Å². The lowest BCUT2D eigenvalue weighted by atomic mass is 9.71.